The summed E-state index contributed by atoms with van der Waals surface area (Å²) in [5, 5.41) is 23.1. The molecule has 0 unspecified atom stereocenters. The maximum absolute atomic E-state index is 13.0. The first-order chi connectivity index (χ1) is 19.3. The number of amides is 1. The summed E-state index contributed by atoms with van der Waals surface area (Å²) in [6.07, 6.45) is 0.869. The van der Waals surface area contributed by atoms with Crippen LogP contribution in [0.5, 0.6) is 17.2 Å². The zero-order chi connectivity index (χ0) is 28.6. The molecular weight excluding hydrogens is 512 g/mol. The lowest BCUT2D eigenvalue weighted by molar-refractivity contribution is 0.0695. The van der Waals surface area contributed by atoms with Crippen LogP contribution in [-0.4, -0.2) is 73.1 Å². The number of ether oxygens (including phenoxy) is 3. The molecule has 1 aliphatic rings. The van der Waals surface area contributed by atoms with E-state index >= 15 is 0 Å². The minimum Gasteiger partial charge on any atom is -0.497 e. The van der Waals surface area contributed by atoms with E-state index in [1.54, 1.807) is 21.1 Å². The number of methoxy groups -OCH3 is 2. The van der Waals surface area contributed by atoms with Gasteiger partial charge in [0.15, 0.2) is 0 Å². The van der Waals surface area contributed by atoms with Crippen LogP contribution in [0.1, 0.15) is 44.3 Å². The molecule has 0 heterocycles. The summed E-state index contributed by atoms with van der Waals surface area (Å²) >= 11 is 0. The van der Waals surface area contributed by atoms with E-state index in [-0.39, 0.29) is 36.1 Å². The van der Waals surface area contributed by atoms with Crippen LogP contribution in [0.15, 0.2) is 60.7 Å². The Labute approximate surface area is 234 Å². The molecule has 3 aromatic carbocycles. The third-order valence-electron chi connectivity index (χ3n) is 7.13. The number of hydrogen-bond acceptors (Lipinski definition) is 7. The van der Waals surface area contributed by atoms with Gasteiger partial charge in [0.1, 0.15) is 17.2 Å². The molecule has 0 aliphatic heterocycles. The number of aliphatic hydroxyl groups is 1. The van der Waals surface area contributed by atoms with Gasteiger partial charge >= 0.3 is 5.97 Å². The highest BCUT2D eigenvalue weighted by Crippen LogP contribution is 2.30. The van der Waals surface area contributed by atoms with Crippen LogP contribution in [0, 0.1) is 0 Å². The third kappa shape index (κ3) is 6.91. The number of hydrogen-bond donors (Lipinski definition) is 3. The van der Waals surface area contributed by atoms with Crippen LogP contribution in [0.25, 0.3) is 0 Å². The predicted molar refractivity (Wildman–Crippen MR) is 151 cm³/mol. The van der Waals surface area contributed by atoms with Crippen molar-refractivity contribution in [2.24, 2.45) is 0 Å². The Morgan fingerprint density at radius 1 is 1.00 bits per heavy atom. The van der Waals surface area contributed by atoms with Gasteiger partial charge in [0, 0.05) is 37.3 Å². The van der Waals surface area contributed by atoms with E-state index in [4.69, 9.17) is 14.2 Å². The number of fused-ring (bicyclic) bond motifs is 1. The highest BCUT2D eigenvalue weighted by atomic mass is 16.5. The van der Waals surface area contributed by atoms with Crippen LogP contribution in [0.2, 0.25) is 0 Å². The zero-order valence-corrected chi connectivity index (χ0v) is 23.1. The van der Waals surface area contributed by atoms with E-state index in [2.05, 4.69) is 22.3 Å². The minimum atomic E-state index is -1.11. The number of carbonyl (C=O) groups excluding carboxylic acids is 1. The lowest BCUT2D eigenvalue weighted by Crippen LogP contribution is -2.44. The Morgan fingerprint density at radius 2 is 1.73 bits per heavy atom. The molecule has 9 nitrogen and oxygen atoms in total. The molecule has 0 saturated heterocycles. The first-order valence-corrected chi connectivity index (χ1v) is 13.3. The van der Waals surface area contributed by atoms with Gasteiger partial charge < -0.3 is 29.7 Å². The minimum absolute atomic E-state index is 0.0149. The molecule has 0 spiro atoms. The Bertz CT molecular complexity index is 1320. The second kappa shape index (κ2) is 13.3. The normalized spacial score (nSPS) is 13.5. The molecule has 1 aliphatic carbocycles. The Balaban J connectivity index is 1.48. The maximum atomic E-state index is 13.0. The van der Waals surface area contributed by atoms with E-state index in [1.165, 1.54) is 29.3 Å². The fourth-order valence-corrected chi connectivity index (χ4v) is 5.10. The Morgan fingerprint density at radius 3 is 2.35 bits per heavy atom. The van der Waals surface area contributed by atoms with E-state index in [1.807, 2.05) is 30.3 Å². The van der Waals surface area contributed by atoms with Crippen molar-refractivity contribution in [2.45, 2.75) is 38.5 Å². The van der Waals surface area contributed by atoms with Gasteiger partial charge in [-0.1, -0.05) is 30.3 Å². The second-order valence-electron chi connectivity index (χ2n) is 9.75. The van der Waals surface area contributed by atoms with Gasteiger partial charge in [-0.15, -0.1) is 0 Å². The fraction of sp³-hybridized carbons (Fsp3) is 0.355. The molecule has 0 bridgehead atoms. The van der Waals surface area contributed by atoms with Crippen molar-refractivity contribution in [3.05, 3.63) is 88.5 Å². The number of aromatic carboxylic acids is 1. The molecule has 1 atom stereocenters. The van der Waals surface area contributed by atoms with Crippen molar-refractivity contribution in [1.29, 1.82) is 0 Å². The summed E-state index contributed by atoms with van der Waals surface area (Å²) < 4.78 is 16.5. The fourth-order valence-electron chi connectivity index (χ4n) is 5.10. The van der Waals surface area contributed by atoms with E-state index < -0.39 is 18.0 Å². The number of carboxylic acid groups (broad SMARTS) is 1. The van der Waals surface area contributed by atoms with Gasteiger partial charge in [-0.3, -0.25) is 9.69 Å². The molecule has 9 heteroatoms. The van der Waals surface area contributed by atoms with Crippen molar-refractivity contribution < 1.29 is 34.0 Å². The van der Waals surface area contributed by atoms with E-state index in [0.29, 0.717) is 24.6 Å². The summed E-state index contributed by atoms with van der Waals surface area (Å²) in [5.74, 6) is 0.0373. The van der Waals surface area contributed by atoms with Crippen molar-refractivity contribution in [3.8, 4) is 17.2 Å². The van der Waals surface area contributed by atoms with Gasteiger partial charge in [0.25, 0.3) is 5.91 Å². The molecule has 0 saturated carbocycles. The van der Waals surface area contributed by atoms with Crippen LogP contribution < -0.4 is 19.5 Å². The molecule has 3 aromatic rings. The number of carboxylic acids is 1. The SMILES string of the molecule is CCOc1cc(C(=O)O)ccc1C(=O)NC[C@@H](O)CN(Cc1ccc(OC)cc1OC)C1Cc2ccccc2C1. The molecule has 212 valence electrons. The van der Waals surface area contributed by atoms with Crippen LogP contribution >= 0.6 is 0 Å². The standard InChI is InChI=1S/C31H36N2O7/c1-4-40-29-15-22(31(36)37)10-12-27(29)30(35)32-17-25(34)19-33(24-13-20-7-5-6-8-21(20)14-24)18-23-9-11-26(38-2)16-28(23)39-3/h5-12,15-16,24-25,34H,4,13-14,17-19H2,1-3H3,(H,32,35)(H,36,37)/t25-/m1/s1. The molecule has 0 radical (unpaired) electrons. The first-order valence-electron chi connectivity index (χ1n) is 13.3. The Hall–Kier alpha value is -4.08. The van der Waals surface area contributed by atoms with Gasteiger partial charge in [-0.25, -0.2) is 4.79 Å². The summed E-state index contributed by atoms with van der Waals surface area (Å²) in [5.41, 5.74) is 3.81. The van der Waals surface area contributed by atoms with Crippen molar-refractivity contribution in [1.82, 2.24) is 10.2 Å². The average Bonchev–Trinajstić information content (AvgIpc) is 3.40. The van der Waals surface area contributed by atoms with Crippen molar-refractivity contribution >= 4 is 11.9 Å². The smallest absolute Gasteiger partial charge is 0.335 e. The predicted octanol–water partition coefficient (Wildman–Crippen LogP) is 3.56. The summed E-state index contributed by atoms with van der Waals surface area (Å²) in [6, 6.07) is 18.4. The number of benzene rings is 3. The van der Waals surface area contributed by atoms with Crippen molar-refractivity contribution in [3.63, 3.8) is 0 Å². The van der Waals surface area contributed by atoms with Gasteiger partial charge in [0.2, 0.25) is 0 Å². The third-order valence-corrected chi connectivity index (χ3v) is 7.13. The van der Waals surface area contributed by atoms with E-state index in [0.717, 1.165) is 18.4 Å². The van der Waals surface area contributed by atoms with E-state index in [9.17, 15) is 19.8 Å². The molecule has 0 aromatic heterocycles. The topological polar surface area (TPSA) is 118 Å². The number of nitrogens with zero attached hydrogens (tertiary/aromatic N) is 1. The molecule has 1 amide bonds. The van der Waals surface area contributed by atoms with Crippen molar-refractivity contribution in [2.75, 3.05) is 33.9 Å². The molecule has 3 N–H and O–H groups in total. The largest absolute Gasteiger partial charge is 0.497 e. The number of aliphatic hydroxyl groups excluding tert-OH is 1. The zero-order valence-electron chi connectivity index (χ0n) is 23.1. The summed E-state index contributed by atoms with van der Waals surface area (Å²) in [6.45, 7) is 2.92. The highest BCUT2D eigenvalue weighted by Gasteiger charge is 2.29. The van der Waals surface area contributed by atoms with Crippen LogP contribution in [0.4, 0.5) is 0 Å². The number of nitrogens with one attached hydrogen (secondary N) is 1. The lowest BCUT2D eigenvalue weighted by Gasteiger charge is -2.31. The number of carbonyl (C=O) groups is 2. The van der Waals surface area contributed by atoms with Gasteiger partial charge in [-0.05, 0) is 55.2 Å². The molecular formula is C31H36N2O7. The molecule has 40 heavy (non-hydrogen) atoms. The van der Waals surface area contributed by atoms with Crippen LogP contribution in [0.3, 0.4) is 0 Å². The van der Waals surface area contributed by atoms with Gasteiger partial charge in [0.05, 0.1) is 38.1 Å². The average molecular weight is 549 g/mol. The number of rotatable bonds is 13. The first kappa shape index (κ1) is 28.9. The quantitative estimate of drug-likeness (QED) is 0.297. The monoisotopic (exact) mass is 548 g/mol. The summed E-state index contributed by atoms with van der Waals surface area (Å²) in [7, 11) is 3.23. The van der Waals surface area contributed by atoms with Crippen LogP contribution in [-0.2, 0) is 19.4 Å². The second-order valence-corrected chi connectivity index (χ2v) is 9.75. The lowest BCUT2D eigenvalue weighted by atomic mass is 10.1. The Kier molecular flexibility index (Phi) is 9.63. The van der Waals surface area contributed by atoms with Gasteiger partial charge in [-0.2, -0.15) is 0 Å². The molecule has 0 fully saturated rings. The molecule has 4 rings (SSSR count). The highest BCUT2D eigenvalue weighted by molar-refractivity contribution is 5.98. The summed E-state index contributed by atoms with van der Waals surface area (Å²) in [4.78, 5) is 26.5. The maximum Gasteiger partial charge on any atom is 0.335 e.